The molecule has 2 fully saturated rings. The number of rotatable bonds is 6. The third-order valence-corrected chi connectivity index (χ3v) is 7.05. The molecular weight excluding hydrogens is 418 g/mol. The number of aliphatic hydroxyl groups excluding tert-OH is 1. The van der Waals surface area contributed by atoms with Gasteiger partial charge in [0.2, 0.25) is 5.91 Å². The summed E-state index contributed by atoms with van der Waals surface area (Å²) in [7, 11) is 0. The lowest BCUT2D eigenvalue weighted by molar-refractivity contribution is -0.120. The summed E-state index contributed by atoms with van der Waals surface area (Å²) < 4.78 is 1.47. The van der Waals surface area contributed by atoms with Crippen LogP contribution in [0.1, 0.15) is 50.1 Å². The minimum atomic E-state index is -0.522. The molecule has 174 valence electrons. The van der Waals surface area contributed by atoms with Gasteiger partial charge < -0.3 is 20.3 Å². The second-order valence-electron chi connectivity index (χ2n) is 9.22. The van der Waals surface area contributed by atoms with Gasteiger partial charge in [-0.25, -0.2) is 4.68 Å². The van der Waals surface area contributed by atoms with Crippen LogP contribution in [-0.4, -0.2) is 51.0 Å². The maximum absolute atomic E-state index is 12.7. The van der Waals surface area contributed by atoms with Crippen molar-refractivity contribution in [2.75, 3.05) is 18.0 Å². The Morgan fingerprint density at radius 2 is 2.00 bits per heavy atom. The van der Waals surface area contributed by atoms with Gasteiger partial charge in [0, 0.05) is 42.3 Å². The number of nitrogens with zero attached hydrogens (tertiary/aromatic N) is 3. The summed E-state index contributed by atoms with van der Waals surface area (Å²) in [5.74, 6) is 0.738. The quantitative estimate of drug-likeness (QED) is 0.537. The molecule has 1 aliphatic heterocycles. The van der Waals surface area contributed by atoms with Crippen molar-refractivity contribution in [2.45, 2.75) is 63.1 Å². The van der Waals surface area contributed by atoms with Gasteiger partial charge >= 0.3 is 0 Å². The predicted octanol–water partition coefficient (Wildman–Crippen LogP) is 2.53. The topological polar surface area (TPSA) is 103 Å². The number of hydrogen-bond donors (Lipinski definition) is 3. The van der Waals surface area contributed by atoms with Crippen LogP contribution in [0.5, 0.6) is 0 Å². The Labute approximate surface area is 192 Å². The van der Waals surface area contributed by atoms with Crippen LogP contribution in [0.25, 0.3) is 10.9 Å². The van der Waals surface area contributed by atoms with Gasteiger partial charge in [0.25, 0.3) is 5.56 Å². The molecule has 1 saturated carbocycles. The minimum absolute atomic E-state index is 0.00251. The number of carbonyl (C=O) groups is 1. The standard InChI is InChI=1S/C25H31N5O3/c31-22-10-5-9-21(22)30-25(33)12-11-23(28-30)29-13-4-3-6-18(29)16-27-24(32)14-17-15-26-20-8-2-1-7-19(17)20/h1-2,7-8,11-12,15,18,21-22,26,31H,3-6,9-10,13-14,16H2,(H,27,32). The van der Waals surface area contributed by atoms with Crippen LogP contribution < -0.4 is 15.8 Å². The number of anilines is 1. The molecule has 0 spiro atoms. The molecule has 3 N–H and O–H groups in total. The van der Waals surface area contributed by atoms with Crippen molar-refractivity contribution >= 4 is 22.6 Å². The summed E-state index contributed by atoms with van der Waals surface area (Å²) in [6.07, 6.45) is 7.20. The number of benzene rings is 1. The van der Waals surface area contributed by atoms with Crippen LogP contribution in [0.3, 0.4) is 0 Å². The molecule has 3 unspecified atom stereocenters. The van der Waals surface area contributed by atoms with E-state index < -0.39 is 6.10 Å². The predicted molar refractivity (Wildman–Crippen MR) is 127 cm³/mol. The molecule has 3 atom stereocenters. The Morgan fingerprint density at radius 1 is 1.12 bits per heavy atom. The number of aliphatic hydroxyl groups is 1. The third kappa shape index (κ3) is 4.53. The fraction of sp³-hybridized carbons (Fsp3) is 0.480. The summed E-state index contributed by atoms with van der Waals surface area (Å²) in [4.78, 5) is 30.6. The van der Waals surface area contributed by atoms with E-state index in [2.05, 4.69) is 20.3 Å². The number of para-hydroxylation sites is 1. The first-order valence-electron chi connectivity index (χ1n) is 12.0. The Morgan fingerprint density at radius 3 is 2.85 bits per heavy atom. The minimum Gasteiger partial charge on any atom is -0.391 e. The summed E-state index contributed by atoms with van der Waals surface area (Å²) in [5.41, 5.74) is 1.85. The Hall–Kier alpha value is -3.13. The summed E-state index contributed by atoms with van der Waals surface area (Å²) >= 11 is 0. The van der Waals surface area contributed by atoms with Gasteiger partial charge in [-0.3, -0.25) is 9.59 Å². The van der Waals surface area contributed by atoms with Gasteiger partial charge in [-0.15, -0.1) is 0 Å². The van der Waals surface area contributed by atoms with Crippen LogP contribution in [0.15, 0.2) is 47.4 Å². The van der Waals surface area contributed by atoms with Crippen molar-refractivity contribution in [1.82, 2.24) is 20.1 Å². The maximum Gasteiger partial charge on any atom is 0.267 e. The fourth-order valence-electron chi connectivity index (χ4n) is 5.27. The monoisotopic (exact) mass is 449 g/mol. The Bertz CT molecular complexity index is 1190. The molecule has 0 bridgehead atoms. The van der Waals surface area contributed by atoms with Gasteiger partial charge in [0.1, 0.15) is 5.82 Å². The first kappa shape index (κ1) is 21.7. The number of fused-ring (bicyclic) bond motifs is 1. The molecule has 0 radical (unpaired) electrons. The van der Waals surface area contributed by atoms with Gasteiger partial charge in [0.05, 0.1) is 18.6 Å². The Kier molecular flexibility index (Phi) is 6.17. The molecule has 2 aliphatic rings. The molecule has 1 saturated heterocycles. The van der Waals surface area contributed by atoms with E-state index in [1.165, 1.54) is 4.68 Å². The third-order valence-electron chi connectivity index (χ3n) is 7.05. The molecular formula is C25H31N5O3. The average molecular weight is 450 g/mol. The number of H-pyrrole nitrogens is 1. The first-order valence-corrected chi connectivity index (χ1v) is 12.0. The average Bonchev–Trinajstić information content (AvgIpc) is 3.44. The van der Waals surface area contributed by atoms with Crippen molar-refractivity contribution < 1.29 is 9.90 Å². The van der Waals surface area contributed by atoms with E-state index in [0.717, 1.165) is 60.9 Å². The van der Waals surface area contributed by atoms with Crippen molar-refractivity contribution in [3.8, 4) is 0 Å². The Balaban J connectivity index is 1.27. The summed E-state index contributed by atoms with van der Waals surface area (Å²) in [5, 5.41) is 19.1. The van der Waals surface area contributed by atoms with E-state index in [0.29, 0.717) is 19.4 Å². The molecule has 1 amide bonds. The zero-order chi connectivity index (χ0) is 22.8. The van der Waals surface area contributed by atoms with Crippen molar-refractivity contribution in [3.05, 3.63) is 58.5 Å². The molecule has 3 aromatic rings. The highest BCUT2D eigenvalue weighted by Gasteiger charge is 2.30. The van der Waals surface area contributed by atoms with E-state index >= 15 is 0 Å². The van der Waals surface area contributed by atoms with Crippen LogP contribution >= 0.6 is 0 Å². The van der Waals surface area contributed by atoms with E-state index in [9.17, 15) is 14.7 Å². The highest BCUT2D eigenvalue weighted by Crippen LogP contribution is 2.29. The summed E-state index contributed by atoms with van der Waals surface area (Å²) in [6.45, 7) is 1.37. The van der Waals surface area contributed by atoms with Crippen LogP contribution in [0, 0.1) is 0 Å². The molecule has 8 heteroatoms. The van der Waals surface area contributed by atoms with Gasteiger partial charge in [-0.1, -0.05) is 18.2 Å². The zero-order valence-electron chi connectivity index (χ0n) is 18.7. The lowest BCUT2D eigenvalue weighted by Gasteiger charge is -2.37. The number of aromatic amines is 1. The van der Waals surface area contributed by atoms with E-state index in [4.69, 9.17) is 0 Å². The number of nitrogens with one attached hydrogen (secondary N) is 2. The molecule has 8 nitrogen and oxygen atoms in total. The maximum atomic E-state index is 12.7. The number of hydrogen-bond acceptors (Lipinski definition) is 5. The SMILES string of the molecule is O=C(Cc1c[nH]c2ccccc12)NCC1CCCCN1c1ccc(=O)n(C2CCCC2O)n1. The summed E-state index contributed by atoms with van der Waals surface area (Å²) in [6, 6.07) is 11.2. The fourth-order valence-corrected chi connectivity index (χ4v) is 5.27. The van der Waals surface area contributed by atoms with Gasteiger partial charge in [0.15, 0.2) is 0 Å². The van der Waals surface area contributed by atoms with E-state index in [1.54, 1.807) is 12.1 Å². The molecule has 3 heterocycles. The van der Waals surface area contributed by atoms with Gasteiger partial charge in [-0.05, 0) is 56.2 Å². The second-order valence-corrected chi connectivity index (χ2v) is 9.22. The van der Waals surface area contributed by atoms with E-state index in [1.807, 2.05) is 30.5 Å². The highest BCUT2D eigenvalue weighted by atomic mass is 16.3. The van der Waals surface area contributed by atoms with Crippen molar-refractivity contribution in [1.29, 1.82) is 0 Å². The molecule has 5 rings (SSSR count). The second kappa shape index (κ2) is 9.39. The number of aromatic nitrogens is 3. The normalized spacial score (nSPS) is 23.2. The molecule has 33 heavy (non-hydrogen) atoms. The van der Waals surface area contributed by atoms with Crippen LogP contribution in [-0.2, 0) is 11.2 Å². The van der Waals surface area contributed by atoms with Crippen LogP contribution in [0.4, 0.5) is 5.82 Å². The molecule has 1 aliphatic carbocycles. The molecule has 1 aromatic carbocycles. The smallest absolute Gasteiger partial charge is 0.267 e. The van der Waals surface area contributed by atoms with Gasteiger partial charge in [-0.2, -0.15) is 5.10 Å². The number of amides is 1. The number of piperidine rings is 1. The highest BCUT2D eigenvalue weighted by molar-refractivity contribution is 5.88. The number of carbonyl (C=O) groups excluding carboxylic acids is 1. The lowest BCUT2D eigenvalue weighted by Crippen LogP contribution is -2.48. The lowest BCUT2D eigenvalue weighted by atomic mass is 10.0. The van der Waals surface area contributed by atoms with Crippen molar-refractivity contribution in [3.63, 3.8) is 0 Å². The van der Waals surface area contributed by atoms with E-state index in [-0.39, 0.29) is 23.6 Å². The zero-order valence-corrected chi connectivity index (χ0v) is 18.7. The first-order chi connectivity index (χ1) is 16.1. The molecule has 2 aromatic heterocycles. The van der Waals surface area contributed by atoms with Crippen molar-refractivity contribution in [2.24, 2.45) is 0 Å². The van der Waals surface area contributed by atoms with Crippen LogP contribution in [0.2, 0.25) is 0 Å². The largest absolute Gasteiger partial charge is 0.391 e.